The van der Waals surface area contributed by atoms with Crippen LogP contribution in [0, 0.1) is 28.7 Å². The molecule has 2 aromatic heterocycles. The summed E-state index contributed by atoms with van der Waals surface area (Å²) < 4.78 is 64.8. The minimum atomic E-state index is -1.34. The van der Waals surface area contributed by atoms with E-state index in [9.17, 15) is 23.9 Å². The second-order valence-electron chi connectivity index (χ2n) is 11.2. The van der Waals surface area contributed by atoms with Gasteiger partial charge in [-0.05, 0) is 44.6 Å². The molecule has 9 nitrogen and oxygen atoms in total. The van der Waals surface area contributed by atoms with Gasteiger partial charge < -0.3 is 20.1 Å². The fourth-order valence-electron chi connectivity index (χ4n) is 6.65. The first kappa shape index (κ1) is 27.2. The summed E-state index contributed by atoms with van der Waals surface area (Å²) in [6, 6.07) is 1.71. The zero-order chi connectivity index (χ0) is 29.3. The number of amides is 1. The number of methoxy groups -OCH3 is 1. The number of pyridine rings is 2. The van der Waals surface area contributed by atoms with Crippen LogP contribution in [0.2, 0.25) is 0 Å². The summed E-state index contributed by atoms with van der Waals surface area (Å²) >= 11 is 0. The Kier molecular flexibility index (Phi) is 6.32. The number of fused-ring (bicyclic) bond motifs is 3. The number of carbonyl (C=O) groups excluding carboxylic acids is 2. The summed E-state index contributed by atoms with van der Waals surface area (Å²) in [4.78, 5) is 45.2. The molecule has 13 heteroatoms. The zero-order valence-electron chi connectivity index (χ0n) is 22.0. The molecule has 0 spiro atoms. The maximum atomic E-state index is 15.3. The van der Waals surface area contributed by atoms with Gasteiger partial charge in [0, 0.05) is 37.0 Å². The van der Waals surface area contributed by atoms with Crippen LogP contribution < -0.4 is 15.6 Å². The van der Waals surface area contributed by atoms with Crippen LogP contribution in [-0.2, 0) is 9.53 Å². The Balaban J connectivity index is 1.49. The molecule has 2 aliphatic carbocycles. The number of rotatable bonds is 5. The monoisotopic (exact) mass is 574 g/mol. The van der Waals surface area contributed by atoms with Crippen molar-refractivity contribution in [3.63, 3.8) is 0 Å². The Bertz CT molecular complexity index is 1640. The Morgan fingerprint density at radius 3 is 2.37 bits per heavy atom. The third-order valence-corrected chi connectivity index (χ3v) is 8.68. The number of ether oxygens (including phenoxy) is 1. The lowest BCUT2D eigenvalue weighted by molar-refractivity contribution is -0.152. The molecule has 1 amide bonds. The number of aromatic nitrogens is 2. The summed E-state index contributed by atoms with van der Waals surface area (Å²) in [5.41, 5.74) is -4.18. The average Bonchev–Trinajstić information content (AvgIpc) is 3.62. The van der Waals surface area contributed by atoms with Crippen LogP contribution in [0.5, 0.6) is 0 Å². The highest BCUT2D eigenvalue weighted by molar-refractivity contribution is 5.98. The lowest BCUT2D eigenvalue weighted by Crippen LogP contribution is -2.46. The van der Waals surface area contributed by atoms with Crippen LogP contribution in [0.25, 0.3) is 16.7 Å². The van der Waals surface area contributed by atoms with E-state index >= 15 is 13.2 Å². The number of hydrogen-bond donors (Lipinski definition) is 2. The van der Waals surface area contributed by atoms with Gasteiger partial charge >= 0.3 is 5.97 Å². The minimum absolute atomic E-state index is 0.0502. The van der Waals surface area contributed by atoms with Crippen molar-refractivity contribution in [2.24, 2.45) is 5.41 Å². The highest BCUT2D eigenvalue weighted by atomic mass is 19.1. The molecule has 2 saturated carbocycles. The molecule has 0 unspecified atom stereocenters. The van der Waals surface area contributed by atoms with Crippen molar-refractivity contribution in [2.45, 2.75) is 50.2 Å². The van der Waals surface area contributed by atoms with Crippen LogP contribution in [-0.4, -0.2) is 58.4 Å². The largest absolute Gasteiger partial charge is 0.469 e. The normalized spacial score (nSPS) is 25.2. The molecule has 3 heterocycles. The first-order valence-corrected chi connectivity index (χ1v) is 13.2. The predicted molar refractivity (Wildman–Crippen MR) is 138 cm³/mol. The standard InChI is InChI=1S/C28H26F4N4O5/c1-41-26(40)27-3-5-28(13-27,6-4-27)34-25(39)17-12-36(21-18(30)8-14(29)9-19(21)31)23-16(22(17)38)10-20(32)24(33-23)35-7-2-15(37)11-35/h8-10,12,15,37H,2-7,11,13H2,1H3,(H,34,39)/t15-,27?,28?/m0/s1. The summed E-state index contributed by atoms with van der Waals surface area (Å²) in [5, 5.41) is 12.3. The van der Waals surface area contributed by atoms with Crippen LogP contribution in [0.3, 0.4) is 0 Å². The Morgan fingerprint density at radius 2 is 1.76 bits per heavy atom. The maximum Gasteiger partial charge on any atom is 0.311 e. The number of nitrogens with one attached hydrogen (secondary N) is 1. The molecule has 1 atom stereocenters. The highest BCUT2D eigenvalue weighted by Crippen LogP contribution is 2.57. The maximum absolute atomic E-state index is 15.3. The topological polar surface area (TPSA) is 114 Å². The molecule has 1 aromatic carbocycles. The van der Waals surface area contributed by atoms with Gasteiger partial charge in [0.2, 0.25) is 5.43 Å². The quantitative estimate of drug-likeness (QED) is 0.356. The van der Waals surface area contributed by atoms with Crippen molar-refractivity contribution in [1.29, 1.82) is 0 Å². The van der Waals surface area contributed by atoms with Gasteiger partial charge in [0.25, 0.3) is 5.91 Å². The number of β-amino-alcohol motifs (C(OH)–C–C–N with tert-alkyl or cyclic N) is 1. The van der Waals surface area contributed by atoms with E-state index in [1.807, 2.05) is 0 Å². The number of esters is 1. The molecule has 1 saturated heterocycles. The van der Waals surface area contributed by atoms with Crippen LogP contribution in [0.1, 0.15) is 48.9 Å². The Labute approximate surface area is 230 Å². The Hall–Kier alpha value is -4.00. The molecule has 3 fully saturated rings. The number of carbonyl (C=O) groups is 2. The highest BCUT2D eigenvalue weighted by Gasteiger charge is 2.59. The number of benzene rings is 1. The van der Waals surface area contributed by atoms with Crippen molar-refractivity contribution >= 4 is 28.7 Å². The molecule has 2 bridgehead atoms. The van der Waals surface area contributed by atoms with E-state index in [-0.39, 0.29) is 30.5 Å². The fourth-order valence-corrected chi connectivity index (χ4v) is 6.65. The van der Waals surface area contributed by atoms with E-state index in [2.05, 4.69) is 10.3 Å². The smallest absolute Gasteiger partial charge is 0.311 e. The van der Waals surface area contributed by atoms with Crippen molar-refractivity contribution in [3.05, 3.63) is 63.5 Å². The summed E-state index contributed by atoms with van der Waals surface area (Å²) in [7, 11) is 1.30. The molecule has 6 rings (SSSR count). The second kappa shape index (κ2) is 9.54. The summed E-state index contributed by atoms with van der Waals surface area (Å²) in [6.07, 6.45) is 2.69. The van der Waals surface area contributed by atoms with E-state index in [0.717, 1.165) is 16.8 Å². The van der Waals surface area contributed by atoms with E-state index in [0.29, 0.717) is 50.7 Å². The first-order valence-electron chi connectivity index (χ1n) is 13.2. The SMILES string of the molecule is COC(=O)C12CCC(NC(=O)c3cn(-c4c(F)cc(F)cc4F)c4nc(N5CC[C@H](O)C5)c(F)cc4c3=O)(CC1)C2. The van der Waals surface area contributed by atoms with Crippen molar-refractivity contribution < 1.29 is 37.0 Å². The summed E-state index contributed by atoms with van der Waals surface area (Å²) in [5.74, 6) is -6.29. The van der Waals surface area contributed by atoms with Crippen LogP contribution in [0.15, 0.2) is 29.2 Å². The summed E-state index contributed by atoms with van der Waals surface area (Å²) in [6.45, 7) is 0.296. The van der Waals surface area contributed by atoms with Crippen molar-refractivity contribution in [2.75, 3.05) is 25.1 Å². The van der Waals surface area contributed by atoms with Gasteiger partial charge in [0.15, 0.2) is 28.9 Å². The number of nitrogens with zero attached hydrogens (tertiary/aromatic N) is 3. The van der Waals surface area contributed by atoms with Gasteiger partial charge in [0.05, 0.1) is 24.0 Å². The van der Waals surface area contributed by atoms with Crippen molar-refractivity contribution in [1.82, 2.24) is 14.9 Å². The number of aliphatic hydroxyl groups excluding tert-OH is 1. The number of anilines is 1. The minimum Gasteiger partial charge on any atom is -0.469 e. The van der Waals surface area contributed by atoms with E-state index < -0.39 is 68.3 Å². The molecule has 2 N–H and O–H groups in total. The lowest BCUT2D eigenvalue weighted by Gasteiger charge is -2.28. The Morgan fingerprint density at radius 1 is 1.07 bits per heavy atom. The third kappa shape index (κ3) is 4.33. The van der Waals surface area contributed by atoms with Gasteiger partial charge in [-0.15, -0.1) is 0 Å². The molecule has 1 aliphatic heterocycles. The number of hydrogen-bond acceptors (Lipinski definition) is 7. The molecule has 41 heavy (non-hydrogen) atoms. The van der Waals surface area contributed by atoms with Gasteiger partial charge in [-0.3, -0.25) is 19.0 Å². The van der Waals surface area contributed by atoms with Crippen LogP contribution >= 0.6 is 0 Å². The number of halogens is 4. The molecular weight excluding hydrogens is 548 g/mol. The zero-order valence-corrected chi connectivity index (χ0v) is 22.0. The number of aliphatic hydroxyl groups is 1. The first-order chi connectivity index (χ1) is 19.5. The molecule has 216 valence electrons. The second-order valence-corrected chi connectivity index (χ2v) is 11.2. The molecule has 3 aliphatic rings. The molecule has 3 aromatic rings. The third-order valence-electron chi connectivity index (χ3n) is 8.68. The molecular formula is C28H26F4N4O5. The van der Waals surface area contributed by atoms with Gasteiger partial charge in [-0.1, -0.05) is 0 Å². The van der Waals surface area contributed by atoms with E-state index in [1.165, 1.54) is 12.0 Å². The fraction of sp³-hybridized carbons (Fsp3) is 0.429. The van der Waals surface area contributed by atoms with Gasteiger partial charge in [-0.25, -0.2) is 22.5 Å². The van der Waals surface area contributed by atoms with E-state index in [4.69, 9.17) is 4.74 Å². The van der Waals surface area contributed by atoms with Crippen LogP contribution in [0.4, 0.5) is 23.4 Å². The van der Waals surface area contributed by atoms with Gasteiger partial charge in [0.1, 0.15) is 17.1 Å². The lowest BCUT2D eigenvalue weighted by atomic mass is 9.84. The van der Waals surface area contributed by atoms with Crippen molar-refractivity contribution in [3.8, 4) is 5.69 Å². The predicted octanol–water partition coefficient (Wildman–Crippen LogP) is 3.12. The average molecular weight is 575 g/mol. The molecule has 0 radical (unpaired) electrons. The van der Waals surface area contributed by atoms with E-state index in [1.54, 1.807) is 0 Å². The van der Waals surface area contributed by atoms with Gasteiger partial charge in [-0.2, -0.15) is 0 Å².